The third-order valence-electron chi connectivity index (χ3n) is 5.96. The lowest BCUT2D eigenvalue weighted by atomic mass is 9.97. The van der Waals surface area contributed by atoms with Crippen molar-refractivity contribution in [3.63, 3.8) is 0 Å². The fourth-order valence-corrected chi connectivity index (χ4v) is 3.97. The summed E-state index contributed by atoms with van der Waals surface area (Å²) in [5, 5.41) is 12.1. The van der Waals surface area contributed by atoms with Crippen LogP contribution in [0.1, 0.15) is 46.5 Å². The Morgan fingerprint density at radius 2 is 1.94 bits per heavy atom. The average Bonchev–Trinajstić information content (AvgIpc) is 2.88. The van der Waals surface area contributed by atoms with Crippen molar-refractivity contribution >= 4 is 24.3 Å². The van der Waals surface area contributed by atoms with E-state index in [-0.39, 0.29) is 29.9 Å². The molecule has 33 heavy (non-hydrogen) atoms. The number of nitrogens with one attached hydrogen (secondary N) is 1. The van der Waals surface area contributed by atoms with E-state index < -0.39 is 5.91 Å². The molecule has 1 saturated heterocycles. The minimum Gasteiger partial charge on any atom is -0.396 e. The molecular weight excluding hydrogens is 418 g/mol. The Morgan fingerprint density at radius 1 is 1.18 bits per heavy atom. The summed E-state index contributed by atoms with van der Waals surface area (Å²) in [6.45, 7) is 4.96. The lowest BCUT2D eigenvalue weighted by Gasteiger charge is -2.31. The van der Waals surface area contributed by atoms with E-state index >= 15 is 0 Å². The highest BCUT2D eigenvalue weighted by molar-refractivity contribution is 5.98. The second-order valence-corrected chi connectivity index (χ2v) is 8.17. The number of allylic oxidation sites excluding steroid dienone is 3. The van der Waals surface area contributed by atoms with Crippen molar-refractivity contribution in [2.75, 3.05) is 19.7 Å². The number of aliphatic imine (C=N–C) groups is 1. The van der Waals surface area contributed by atoms with Gasteiger partial charge in [0.25, 0.3) is 11.8 Å². The zero-order chi connectivity index (χ0) is 23.2. The van der Waals surface area contributed by atoms with Crippen molar-refractivity contribution in [2.45, 2.75) is 25.7 Å². The summed E-state index contributed by atoms with van der Waals surface area (Å²) < 4.78 is 0. The Bertz CT molecular complexity index is 1100. The molecule has 4 rings (SSSR count). The summed E-state index contributed by atoms with van der Waals surface area (Å²) >= 11 is 0. The minimum absolute atomic E-state index is 0.0240. The van der Waals surface area contributed by atoms with Crippen LogP contribution in [0.5, 0.6) is 0 Å². The Balaban J connectivity index is 1.50. The highest BCUT2D eigenvalue weighted by atomic mass is 16.3. The maximum Gasteiger partial charge on any atom is 0.278 e. The first kappa shape index (κ1) is 22.5. The van der Waals surface area contributed by atoms with E-state index in [1.165, 1.54) is 6.20 Å². The summed E-state index contributed by atoms with van der Waals surface area (Å²) in [6, 6.07) is 7.11. The molecule has 0 bridgehead atoms. The predicted molar refractivity (Wildman–Crippen MR) is 126 cm³/mol. The summed E-state index contributed by atoms with van der Waals surface area (Å²) in [5.41, 5.74) is 2.64. The summed E-state index contributed by atoms with van der Waals surface area (Å²) in [7, 11) is 0. The lowest BCUT2D eigenvalue weighted by Crippen LogP contribution is -2.39. The van der Waals surface area contributed by atoms with Crippen LogP contribution in [0, 0.1) is 5.92 Å². The van der Waals surface area contributed by atoms with E-state index in [0.717, 1.165) is 36.9 Å². The molecule has 2 heterocycles. The molecule has 1 aliphatic heterocycles. The quantitative estimate of drug-likeness (QED) is 0.664. The Hall–Kier alpha value is -3.65. The molecule has 1 aromatic carbocycles. The van der Waals surface area contributed by atoms with Crippen molar-refractivity contribution in [1.82, 2.24) is 20.2 Å². The van der Waals surface area contributed by atoms with Gasteiger partial charge < -0.3 is 15.3 Å². The lowest BCUT2D eigenvalue weighted by molar-refractivity contribution is 0.0651. The number of likely N-dealkylation sites (tertiary alicyclic amines) is 1. The van der Waals surface area contributed by atoms with Crippen molar-refractivity contribution in [3.8, 4) is 11.3 Å². The molecule has 2 aliphatic rings. The van der Waals surface area contributed by atoms with Crippen LogP contribution in [0.2, 0.25) is 0 Å². The molecule has 0 saturated carbocycles. The molecule has 2 amide bonds. The van der Waals surface area contributed by atoms with E-state index in [9.17, 15) is 14.7 Å². The summed E-state index contributed by atoms with van der Waals surface area (Å²) in [6.07, 6.45) is 10.8. The van der Waals surface area contributed by atoms with E-state index in [4.69, 9.17) is 0 Å². The molecular formula is C25H27N5O3. The van der Waals surface area contributed by atoms with Crippen LogP contribution in [-0.2, 0) is 0 Å². The van der Waals surface area contributed by atoms with Gasteiger partial charge in [0, 0.05) is 36.5 Å². The van der Waals surface area contributed by atoms with Gasteiger partial charge in [0.05, 0.1) is 11.9 Å². The Labute approximate surface area is 192 Å². The molecule has 0 radical (unpaired) electrons. The van der Waals surface area contributed by atoms with Crippen LogP contribution < -0.4 is 5.32 Å². The van der Waals surface area contributed by atoms with Gasteiger partial charge in [-0.25, -0.2) is 15.0 Å². The first-order chi connectivity index (χ1) is 16.1. The summed E-state index contributed by atoms with van der Waals surface area (Å²) in [5.74, 6) is 0.0151. The van der Waals surface area contributed by atoms with Crippen LogP contribution >= 0.6 is 0 Å². The first-order valence-corrected chi connectivity index (χ1v) is 11.1. The predicted octanol–water partition coefficient (Wildman–Crippen LogP) is 3.28. The Kier molecular flexibility index (Phi) is 7.04. The number of amides is 2. The molecule has 0 atom stereocenters. The maximum absolute atomic E-state index is 12.8. The SMILES string of the molecule is C=Nc1ncc(-c2ccc(C(=O)N3CCC(CO)CC3)cc2)nc1C(=O)NC1=CCCC=C1. The fraction of sp³-hybridized carbons (Fsp3) is 0.320. The highest BCUT2D eigenvalue weighted by Gasteiger charge is 2.23. The number of piperidine rings is 1. The second-order valence-electron chi connectivity index (χ2n) is 8.17. The molecule has 170 valence electrons. The van der Waals surface area contributed by atoms with Gasteiger partial charge in [0.15, 0.2) is 11.5 Å². The zero-order valence-electron chi connectivity index (χ0n) is 18.4. The highest BCUT2D eigenvalue weighted by Crippen LogP contribution is 2.23. The molecule has 2 aromatic rings. The van der Waals surface area contributed by atoms with Gasteiger partial charge >= 0.3 is 0 Å². The van der Waals surface area contributed by atoms with Crippen LogP contribution in [-0.4, -0.2) is 58.2 Å². The maximum atomic E-state index is 12.8. The van der Waals surface area contributed by atoms with Gasteiger partial charge in [-0.1, -0.05) is 24.3 Å². The standard InChI is InChI=1S/C25H27N5O3/c1-26-23-22(24(32)28-20-5-3-2-4-6-20)29-21(15-27-23)18-7-9-19(10-8-18)25(33)30-13-11-17(16-31)12-14-30/h3,5-10,15,17,31H,1-2,4,11-14,16H2,(H,28,32). The van der Waals surface area contributed by atoms with Crippen molar-refractivity contribution in [2.24, 2.45) is 10.9 Å². The second kappa shape index (κ2) is 10.3. The van der Waals surface area contributed by atoms with Crippen LogP contribution in [0.4, 0.5) is 5.82 Å². The van der Waals surface area contributed by atoms with Crippen LogP contribution in [0.15, 0.2) is 59.4 Å². The molecule has 8 nitrogen and oxygen atoms in total. The number of nitrogens with zero attached hydrogens (tertiary/aromatic N) is 4. The molecule has 1 aliphatic carbocycles. The van der Waals surface area contributed by atoms with Gasteiger partial charge in [-0.15, -0.1) is 0 Å². The molecule has 0 unspecified atom stereocenters. The summed E-state index contributed by atoms with van der Waals surface area (Å²) in [4.78, 5) is 40.0. The zero-order valence-corrected chi connectivity index (χ0v) is 18.4. The number of aliphatic hydroxyl groups excluding tert-OH is 1. The number of carbonyl (C=O) groups is 2. The van der Waals surface area contributed by atoms with E-state index in [0.29, 0.717) is 24.3 Å². The van der Waals surface area contributed by atoms with Crippen molar-refractivity contribution in [1.29, 1.82) is 0 Å². The third kappa shape index (κ3) is 5.23. The van der Waals surface area contributed by atoms with E-state index in [1.807, 2.05) is 23.1 Å². The number of aliphatic hydroxyl groups is 1. The van der Waals surface area contributed by atoms with Gasteiger partial charge in [-0.3, -0.25) is 9.59 Å². The average molecular weight is 446 g/mol. The number of hydrogen-bond donors (Lipinski definition) is 2. The van der Waals surface area contributed by atoms with E-state index in [1.54, 1.807) is 24.3 Å². The minimum atomic E-state index is -0.400. The van der Waals surface area contributed by atoms with Gasteiger partial charge in [-0.2, -0.15) is 0 Å². The van der Waals surface area contributed by atoms with Gasteiger partial charge in [0.1, 0.15) is 0 Å². The monoisotopic (exact) mass is 445 g/mol. The number of aromatic nitrogens is 2. The van der Waals surface area contributed by atoms with Crippen LogP contribution in [0.3, 0.4) is 0 Å². The van der Waals surface area contributed by atoms with Gasteiger partial charge in [-0.05, 0) is 56.5 Å². The number of hydrogen-bond acceptors (Lipinski definition) is 6. The number of benzene rings is 1. The molecule has 1 fully saturated rings. The normalized spacial score (nSPS) is 16.3. The van der Waals surface area contributed by atoms with Crippen molar-refractivity contribution in [3.05, 3.63) is 65.6 Å². The molecule has 0 spiro atoms. The smallest absolute Gasteiger partial charge is 0.278 e. The molecule has 2 N–H and O–H groups in total. The molecule has 1 aromatic heterocycles. The van der Waals surface area contributed by atoms with E-state index in [2.05, 4.69) is 27.0 Å². The molecule has 8 heteroatoms. The number of carbonyl (C=O) groups excluding carboxylic acids is 2. The number of rotatable bonds is 6. The largest absolute Gasteiger partial charge is 0.396 e. The van der Waals surface area contributed by atoms with Crippen LogP contribution in [0.25, 0.3) is 11.3 Å². The third-order valence-corrected chi connectivity index (χ3v) is 5.96. The fourth-order valence-electron chi connectivity index (χ4n) is 3.97. The van der Waals surface area contributed by atoms with Crippen molar-refractivity contribution < 1.29 is 14.7 Å². The Morgan fingerprint density at radius 3 is 2.58 bits per heavy atom. The van der Waals surface area contributed by atoms with Gasteiger partial charge in [0.2, 0.25) is 0 Å². The topological polar surface area (TPSA) is 108 Å². The first-order valence-electron chi connectivity index (χ1n) is 11.1.